The predicted molar refractivity (Wildman–Crippen MR) is 98.3 cm³/mol. The van der Waals surface area contributed by atoms with Crippen LogP contribution in [0.4, 0.5) is 5.69 Å². The van der Waals surface area contributed by atoms with Gasteiger partial charge in [0.05, 0.1) is 12.8 Å². The van der Waals surface area contributed by atoms with Gasteiger partial charge in [-0.25, -0.2) is 0 Å². The monoisotopic (exact) mass is 336 g/mol. The van der Waals surface area contributed by atoms with Crippen LogP contribution in [0.1, 0.15) is 11.1 Å². The summed E-state index contributed by atoms with van der Waals surface area (Å²) >= 11 is 0. The zero-order valence-corrected chi connectivity index (χ0v) is 14.5. The van der Waals surface area contributed by atoms with E-state index >= 15 is 0 Å². The molecular weight excluding hydrogens is 316 g/mol. The van der Waals surface area contributed by atoms with Crippen LogP contribution in [0.3, 0.4) is 0 Å². The Balaban J connectivity index is 1.77. The first-order chi connectivity index (χ1) is 12.1. The molecular formula is C20H20N2O3. The third-order valence-corrected chi connectivity index (χ3v) is 3.98. The number of carbonyl (C=O) groups excluding carboxylic acids is 1. The smallest absolute Gasteiger partial charge is 0.262 e. The van der Waals surface area contributed by atoms with Gasteiger partial charge in [-0.15, -0.1) is 0 Å². The largest absolute Gasteiger partial charge is 0.494 e. The number of pyridine rings is 1. The third kappa shape index (κ3) is 3.55. The summed E-state index contributed by atoms with van der Waals surface area (Å²) in [6, 6.07) is 13.2. The predicted octanol–water partition coefficient (Wildman–Crippen LogP) is 3.88. The van der Waals surface area contributed by atoms with E-state index in [9.17, 15) is 4.79 Å². The number of nitrogens with zero attached hydrogens (tertiary/aromatic N) is 1. The zero-order valence-electron chi connectivity index (χ0n) is 14.5. The van der Waals surface area contributed by atoms with Crippen molar-refractivity contribution in [1.29, 1.82) is 0 Å². The van der Waals surface area contributed by atoms with Crippen LogP contribution >= 0.6 is 0 Å². The molecule has 128 valence electrons. The van der Waals surface area contributed by atoms with Crippen molar-refractivity contribution in [3.05, 3.63) is 59.8 Å². The number of para-hydroxylation sites is 1. The van der Waals surface area contributed by atoms with Crippen molar-refractivity contribution >= 4 is 22.5 Å². The van der Waals surface area contributed by atoms with Crippen LogP contribution in [0.15, 0.2) is 48.7 Å². The van der Waals surface area contributed by atoms with E-state index in [1.807, 2.05) is 44.2 Å². The Bertz CT molecular complexity index is 902. The lowest BCUT2D eigenvalue weighted by Crippen LogP contribution is -2.20. The lowest BCUT2D eigenvalue weighted by molar-refractivity contribution is -0.118. The molecule has 0 atom stereocenters. The first-order valence-electron chi connectivity index (χ1n) is 8.00. The topological polar surface area (TPSA) is 60.5 Å². The number of hydrogen-bond donors (Lipinski definition) is 1. The Morgan fingerprint density at radius 2 is 1.84 bits per heavy atom. The normalized spacial score (nSPS) is 10.5. The molecule has 25 heavy (non-hydrogen) atoms. The van der Waals surface area contributed by atoms with Crippen molar-refractivity contribution in [3.63, 3.8) is 0 Å². The van der Waals surface area contributed by atoms with Gasteiger partial charge in [0.2, 0.25) is 0 Å². The Hall–Kier alpha value is -3.08. The average molecular weight is 336 g/mol. The maximum absolute atomic E-state index is 12.3. The number of aromatic nitrogens is 1. The highest BCUT2D eigenvalue weighted by atomic mass is 16.5. The van der Waals surface area contributed by atoms with Gasteiger partial charge in [-0.2, -0.15) is 0 Å². The van der Waals surface area contributed by atoms with Gasteiger partial charge in [0.1, 0.15) is 17.0 Å². The second kappa shape index (κ2) is 7.21. The van der Waals surface area contributed by atoms with E-state index in [2.05, 4.69) is 10.3 Å². The van der Waals surface area contributed by atoms with Gasteiger partial charge in [-0.05, 0) is 49.2 Å². The van der Waals surface area contributed by atoms with Crippen LogP contribution < -0.4 is 14.8 Å². The van der Waals surface area contributed by atoms with Gasteiger partial charge in [0.15, 0.2) is 6.61 Å². The van der Waals surface area contributed by atoms with Gasteiger partial charge in [-0.3, -0.25) is 9.78 Å². The lowest BCUT2D eigenvalue weighted by atomic mass is 10.1. The fraction of sp³-hybridized carbons (Fsp3) is 0.200. The fourth-order valence-corrected chi connectivity index (χ4v) is 2.77. The summed E-state index contributed by atoms with van der Waals surface area (Å²) in [6.07, 6.45) is 1.69. The number of carbonyl (C=O) groups is 1. The first kappa shape index (κ1) is 16.8. The molecule has 0 unspecified atom stereocenters. The van der Waals surface area contributed by atoms with E-state index in [0.29, 0.717) is 17.0 Å². The van der Waals surface area contributed by atoms with Crippen molar-refractivity contribution in [1.82, 2.24) is 4.98 Å². The number of benzene rings is 2. The molecule has 3 rings (SSSR count). The number of ether oxygens (including phenoxy) is 2. The van der Waals surface area contributed by atoms with E-state index in [-0.39, 0.29) is 12.5 Å². The standard InChI is InChI=1S/C20H20N2O3/c1-13-6-4-7-14(2)20(13)25-12-18(23)22-16-9-10-17(24-3)19-15(16)8-5-11-21-19/h4-11H,12H2,1-3H3,(H,22,23). The molecule has 0 aliphatic heterocycles. The molecule has 0 aliphatic carbocycles. The van der Waals surface area contributed by atoms with Crippen LogP contribution in [0.25, 0.3) is 10.9 Å². The molecule has 1 amide bonds. The molecule has 1 heterocycles. The Morgan fingerprint density at radius 1 is 1.08 bits per heavy atom. The molecule has 5 nitrogen and oxygen atoms in total. The fourth-order valence-electron chi connectivity index (χ4n) is 2.77. The Morgan fingerprint density at radius 3 is 2.56 bits per heavy atom. The minimum atomic E-state index is -0.224. The van der Waals surface area contributed by atoms with E-state index in [1.54, 1.807) is 25.4 Å². The number of methoxy groups -OCH3 is 1. The van der Waals surface area contributed by atoms with Crippen molar-refractivity contribution in [2.45, 2.75) is 13.8 Å². The molecule has 0 spiro atoms. The van der Waals surface area contributed by atoms with Gasteiger partial charge in [-0.1, -0.05) is 18.2 Å². The molecule has 0 saturated heterocycles. The van der Waals surface area contributed by atoms with Crippen LogP contribution in [-0.4, -0.2) is 24.6 Å². The minimum absolute atomic E-state index is 0.0561. The van der Waals surface area contributed by atoms with Gasteiger partial charge >= 0.3 is 0 Å². The number of hydrogen-bond acceptors (Lipinski definition) is 4. The maximum atomic E-state index is 12.3. The van der Waals surface area contributed by atoms with Gasteiger partial charge < -0.3 is 14.8 Å². The average Bonchev–Trinajstić information content (AvgIpc) is 2.61. The maximum Gasteiger partial charge on any atom is 0.262 e. The highest BCUT2D eigenvalue weighted by molar-refractivity contribution is 6.03. The zero-order chi connectivity index (χ0) is 17.8. The number of amides is 1. The van der Waals surface area contributed by atoms with Crippen LogP contribution in [-0.2, 0) is 4.79 Å². The van der Waals surface area contributed by atoms with Crippen LogP contribution in [0, 0.1) is 13.8 Å². The molecule has 0 aliphatic rings. The molecule has 0 saturated carbocycles. The van der Waals surface area contributed by atoms with Crippen LogP contribution in [0.5, 0.6) is 11.5 Å². The number of nitrogens with one attached hydrogen (secondary N) is 1. The molecule has 2 aromatic carbocycles. The summed E-state index contributed by atoms with van der Waals surface area (Å²) in [4.78, 5) is 16.6. The SMILES string of the molecule is COc1ccc(NC(=O)COc2c(C)cccc2C)c2cccnc12. The second-order valence-corrected chi connectivity index (χ2v) is 5.77. The van der Waals surface area contributed by atoms with Crippen molar-refractivity contribution < 1.29 is 14.3 Å². The number of fused-ring (bicyclic) bond motifs is 1. The molecule has 0 bridgehead atoms. The molecule has 1 N–H and O–H groups in total. The molecule has 3 aromatic rings. The minimum Gasteiger partial charge on any atom is -0.494 e. The quantitative estimate of drug-likeness (QED) is 0.768. The lowest BCUT2D eigenvalue weighted by Gasteiger charge is -2.13. The van der Waals surface area contributed by atoms with E-state index < -0.39 is 0 Å². The van der Waals surface area contributed by atoms with E-state index in [0.717, 1.165) is 22.3 Å². The first-order valence-corrected chi connectivity index (χ1v) is 8.00. The number of aryl methyl sites for hydroxylation is 2. The molecule has 5 heteroatoms. The van der Waals surface area contributed by atoms with Gasteiger partial charge in [0, 0.05) is 11.6 Å². The Kier molecular flexibility index (Phi) is 4.84. The van der Waals surface area contributed by atoms with E-state index in [1.165, 1.54) is 0 Å². The summed E-state index contributed by atoms with van der Waals surface area (Å²) < 4.78 is 11.0. The second-order valence-electron chi connectivity index (χ2n) is 5.77. The summed E-state index contributed by atoms with van der Waals surface area (Å²) in [6.45, 7) is 3.87. The molecule has 0 radical (unpaired) electrons. The highest BCUT2D eigenvalue weighted by Crippen LogP contribution is 2.29. The van der Waals surface area contributed by atoms with Crippen molar-refractivity contribution in [2.24, 2.45) is 0 Å². The Labute approximate surface area is 146 Å². The molecule has 1 aromatic heterocycles. The summed E-state index contributed by atoms with van der Waals surface area (Å²) in [5.74, 6) is 1.19. The van der Waals surface area contributed by atoms with Gasteiger partial charge in [0.25, 0.3) is 5.91 Å². The summed E-state index contributed by atoms with van der Waals surface area (Å²) in [7, 11) is 1.60. The summed E-state index contributed by atoms with van der Waals surface area (Å²) in [5.41, 5.74) is 3.40. The third-order valence-electron chi connectivity index (χ3n) is 3.98. The van der Waals surface area contributed by atoms with Crippen molar-refractivity contribution in [3.8, 4) is 11.5 Å². The highest BCUT2D eigenvalue weighted by Gasteiger charge is 2.11. The number of rotatable bonds is 5. The molecule has 0 fully saturated rings. The van der Waals surface area contributed by atoms with Crippen molar-refractivity contribution in [2.75, 3.05) is 19.0 Å². The van der Waals surface area contributed by atoms with Crippen LogP contribution in [0.2, 0.25) is 0 Å². The number of anilines is 1. The van der Waals surface area contributed by atoms with E-state index in [4.69, 9.17) is 9.47 Å². The summed E-state index contributed by atoms with van der Waals surface area (Å²) in [5, 5.41) is 3.71.